The maximum atomic E-state index is 2.55. The van der Waals surface area contributed by atoms with E-state index < -0.39 is 0 Å². The van der Waals surface area contributed by atoms with Gasteiger partial charge >= 0.3 is 0 Å². The lowest BCUT2D eigenvalue weighted by atomic mass is 9.82. The van der Waals surface area contributed by atoms with Gasteiger partial charge in [-0.25, -0.2) is 0 Å². The van der Waals surface area contributed by atoms with Crippen LogP contribution in [0.5, 0.6) is 0 Å². The van der Waals surface area contributed by atoms with Crippen molar-refractivity contribution in [3.05, 3.63) is 173 Å². The molecule has 0 saturated carbocycles. The Bertz CT molecular complexity index is 2510. The van der Waals surface area contributed by atoms with E-state index in [1.807, 2.05) is 0 Å². The molecule has 2 aliphatic carbocycles. The molecule has 0 saturated heterocycles. The first-order valence-corrected chi connectivity index (χ1v) is 16.0. The number of hydrogen-bond acceptors (Lipinski definition) is 0. The molecule has 212 valence electrons. The quantitative estimate of drug-likeness (QED) is 0.194. The predicted molar refractivity (Wildman–Crippen MR) is 189 cm³/mol. The van der Waals surface area contributed by atoms with E-state index in [1.54, 1.807) is 0 Å². The molecule has 7 aromatic carbocycles. The monoisotopic (exact) mass is 573 g/mol. The van der Waals surface area contributed by atoms with Crippen molar-refractivity contribution in [2.24, 2.45) is 0 Å². The summed E-state index contributed by atoms with van der Waals surface area (Å²) in [6.45, 7) is 4.75. The summed E-state index contributed by atoms with van der Waals surface area (Å²) in [5.41, 5.74) is 16.1. The first-order valence-electron chi connectivity index (χ1n) is 16.0. The van der Waals surface area contributed by atoms with Gasteiger partial charge in [-0.2, -0.15) is 0 Å². The van der Waals surface area contributed by atoms with E-state index in [-0.39, 0.29) is 11.3 Å². The van der Waals surface area contributed by atoms with Crippen molar-refractivity contribution in [2.75, 3.05) is 0 Å². The van der Waals surface area contributed by atoms with Gasteiger partial charge in [0.05, 0.1) is 11.0 Å². The summed E-state index contributed by atoms with van der Waals surface area (Å²) in [7, 11) is 0. The molecule has 1 heterocycles. The molecule has 0 radical (unpaired) electrons. The van der Waals surface area contributed by atoms with E-state index in [0.29, 0.717) is 0 Å². The van der Waals surface area contributed by atoms with Gasteiger partial charge in [-0.05, 0) is 73.7 Å². The lowest BCUT2D eigenvalue weighted by Gasteiger charge is -2.21. The molecule has 0 fully saturated rings. The molecular formula is C44H31N. The molecule has 1 atom stereocenters. The van der Waals surface area contributed by atoms with E-state index in [2.05, 4.69) is 164 Å². The third kappa shape index (κ3) is 3.23. The van der Waals surface area contributed by atoms with Crippen LogP contribution in [-0.2, 0) is 5.41 Å². The fourth-order valence-corrected chi connectivity index (χ4v) is 8.67. The maximum Gasteiger partial charge on any atom is 0.0625 e. The molecule has 0 aliphatic heterocycles. The highest BCUT2D eigenvalue weighted by Crippen LogP contribution is 2.54. The third-order valence-corrected chi connectivity index (χ3v) is 10.7. The molecule has 10 rings (SSSR count). The third-order valence-electron chi connectivity index (χ3n) is 10.7. The predicted octanol–water partition coefficient (Wildman–Crippen LogP) is 11.4. The van der Waals surface area contributed by atoms with Gasteiger partial charge in [0.2, 0.25) is 0 Å². The van der Waals surface area contributed by atoms with Gasteiger partial charge in [-0.1, -0.05) is 141 Å². The lowest BCUT2D eigenvalue weighted by Crippen LogP contribution is -2.14. The highest BCUT2D eigenvalue weighted by atomic mass is 15.0. The van der Waals surface area contributed by atoms with Crippen molar-refractivity contribution in [2.45, 2.75) is 25.2 Å². The van der Waals surface area contributed by atoms with Crippen LogP contribution in [-0.4, -0.2) is 4.57 Å². The smallest absolute Gasteiger partial charge is 0.0625 e. The first-order chi connectivity index (χ1) is 22.1. The Balaban J connectivity index is 1.33. The average Bonchev–Trinajstić information content (AvgIpc) is 3.68. The summed E-state index contributed by atoms with van der Waals surface area (Å²) in [5, 5.41) is 5.23. The normalized spacial score (nSPS) is 15.7. The van der Waals surface area contributed by atoms with Gasteiger partial charge in [0.1, 0.15) is 0 Å². The lowest BCUT2D eigenvalue weighted by molar-refractivity contribution is 0.661. The van der Waals surface area contributed by atoms with Gasteiger partial charge in [0.15, 0.2) is 0 Å². The van der Waals surface area contributed by atoms with E-state index in [0.717, 1.165) is 0 Å². The molecule has 0 amide bonds. The second-order valence-electron chi connectivity index (χ2n) is 13.3. The number of benzene rings is 7. The van der Waals surface area contributed by atoms with E-state index >= 15 is 0 Å². The Morgan fingerprint density at radius 3 is 2.13 bits per heavy atom. The molecule has 0 N–H and O–H groups in total. The van der Waals surface area contributed by atoms with Crippen LogP contribution >= 0.6 is 0 Å². The van der Waals surface area contributed by atoms with Gasteiger partial charge < -0.3 is 4.57 Å². The molecule has 2 aliphatic rings. The van der Waals surface area contributed by atoms with Crippen molar-refractivity contribution in [3.8, 4) is 27.9 Å². The number of para-hydroxylation sites is 1. The van der Waals surface area contributed by atoms with Gasteiger partial charge in [0.25, 0.3) is 0 Å². The van der Waals surface area contributed by atoms with Crippen LogP contribution in [0.25, 0.3) is 60.5 Å². The molecule has 1 unspecified atom stereocenters. The number of aromatic nitrogens is 1. The average molecular weight is 574 g/mol. The summed E-state index contributed by atoms with van der Waals surface area (Å²) in [6, 6.07) is 54.5. The summed E-state index contributed by atoms with van der Waals surface area (Å²) in [5.74, 6) is 0.208. The maximum absolute atomic E-state index is 2.55. The van der Waals surface area contributed by atoms with Gasteiger partial charge in [-0.15, -0.1) is 0 Å². The van der Waals surface area contributed by atoms with Gasteiger partial charge in [-0.3, -0.25) is 0 Å². The Morgan fingerprint density at radius 2 is 1.24 bits per heavy atom. The highest BCUT2D eigenvalue weighted by Gasteiger charge is 2.37. The van der Waals surface area contributed by atoms with Crippen LogP contribution in [0.3, 0.4) is 0 Å². The summed E-state index contributed by atoms with van der Waals surface area (Å²) < 4.78 is 2.55. The van der Waals surface area contributed by atoms with Gasteiger partial charge in [0, 0.05) is 33.2 Å². The molecular weight excluding hydrogens is 542 g/mol. The van der Waals surface area contributed by atoms with E-state index in [9.17, 15) is 0 Å². The van der Waals surface area contributed by atoms with Crippen molar-refractivity contribution in [1.29, 1.82) is 0 Å². The number of nitrogens with zero attached hydrogens (tertiary/aromatic N) is 1. The summed E-state index contributed by atoms with van der Waals surface area (Å²) in [6.07, 6.45) is 0. The van der Waals surface area contributed by atoms with E-state index in [1.165, 1.54) is 88.3 Å². The molecule has 1 aromatic heterocycles. The van der Waals surface area contributed by atoms with Crippen molar-refractivity contribution >= 4 is 32.6 Å². The summed E-state index contributed by atoms with van der Waals surface area (Å²) in [4.78, 5) is 0. The fourth-order valence-electron chi connectivity index (χ4n) is 8.67. The largest absolute Gasteiger partial charge is 0.309 e. The van der Waals surface area contributed by atoms with E-state index in [4.69, 9.17) is 0 Å². The van der Waals surface area contributed by atoms with Crippen LogP contribution in [0.2, 0.25) is 0 Å². The minimum absolute atomic E-state index is 0.0542. The Morgan fingerprint density at radius 1 is 0.533 bits per heavy atom. The number of rotatable bonds is 2. The molecule has 0 bridgehead atoms. The minimum atomic E-state index is -0.0542. The zero-order chi connectivity index (χ0) is 29.9. The standard InChI is InChI=1S/C44H31N/c1-44(2)37-18-10-8-17-35(37)42-38(44)25-21-28-20-23-34-32-15-9-11-19-39(32)45(43(34)41(28)42)29-22-24-31-30-14-6-7-16-33(30)40(36(31)26-29)27-12-4-3-5-13-27/h3-26,40H,1-2H3. The molecule has 1 heteroatoms. The highest BCUT2D eigenvalue weighted by molar-refractivity contribution is 6.23. The Kier molecular flexibility index (Phi) is 4.90. The fraction of sp³-hybridized carbons (Fsp3) is 0.0909. The van der Waals surface area contributed by atoms with Crippen LogP contribution < -0.4 is 0 Å². The molecule has 0 spiro atoms. The van der Waals surface area contributed by atoms with Crippen LogP contribution in [0.15, 0.2) is 146 Å². The minimum Gasteiger partial charge on any atom is -0.309 e. The zero-order valence-electron chi connectivity index (χ0n) is 25.4. The summed E-state index contributed by atoms with van der Waals surface area (Å²) >= 11 is 0. The first kappa shape index (κ1) is 25.0. The van der Waals surface area contributed by atoms with Crippen LogP contribution in [0.4, 0.5) is 0 Å². The molecule has 8 aromatic rings. The molecule has 1 nitrogen and oxygen atoms in total. The van der Waals surface area contributed by atoms with Crippen LogP contribution in [0.1, 0.15) is 47.6 Å². The SMILES string of the molecule is CC1(C)c2ccccc2-c2c1ccc1ccc3c4ccccc4n(-c4ccc5c(c4)C(c4ccccc4)c4ccccc4-5)c3c21. The Labute approximate surface area is 263 Å². The van der Waals surface area contributed by atoms with Crippen molar-refractivity contribution in [1.82, 2.24) is 4.57 Å². The second kappa shape index (κ2) is 8.83. The second-order valence-corrected chi connectivity index (χ2v) is 13.3. The van der Waals surface area contributed by atoms with Crippen LogP contribution in [0, 0.1) is 0 Å². The Hall–Kier alpha value is -5.40. The number of fused-ring (bicyclic) bond motifs is 12. The molecule has 45 heavy (non-hydrogen) atoms. The number of hydrogen-bond donors (Lipinski definition) is 0. The van der Waals surface area contributed by atoms with Crippen molar-refractivity contribution in [3.63, 3.8) is 0 Å². The van der Waals surface area contributed by atoms with Crippen molar-refractivity contribution < 1.29 is 0 Å². The zero-order valence-corrected chi connectivity index (χ0v) is 25.4. The topological polar surface area (TPSA) is 4.93 Å².